The standard InChI is InChI=1S/C21H23NO/c1-16-7-2-4-10-19(16)18(15-22)13-14-23-21-12-6-9-17-8-3-5-11-20(17)21/h2-12,18H,13-15,22H2,1H3. The van der Waals surface area contributed by atoms with Crippen molar-refractivity contribution in [3.05, 3.63) is 77.9 Å². The molecule has 0 aromatic heterocycles. The van der Waals surface area contributed by atoms with Crippen LogP contribution in [0.4, 0.5) is 0 Å². The van der Waals surface area contributed by atoms with Crippen molar-refractivity contribution in [3.63, 3.8) is 0 Å². The molecule has 0 amide bonds. The fraction of sp³-hybridized carbons (Fsp3) is 0.238. The molecule has 0 saturated carbocycles. The monoisotopic (exact) mass is 305 g/mol. The third kappa shape index (κ3) is 3.54. The Labute approximate surface area is 137 Å². The highest BCUT2D eigenvalue weighted by Gasteiger charge is 2.12. The highest BCUT2D eigenvalue weighted by molar-refractivity contribution is 5.88. The maximum absolute atomic E-state index is 6.06. The second-order valence-electron chi connectivity index (χ2n) is 5.90. The van der Waals surface area contributed by atoms with Gasteiger partial charge in [-0.05, 0) is 48.4 Å². The van der Waals surface area contributed by atoms with E-state index in [0.29, 0.717) is 19.1 Å². The van der Waals surface area contributed by atoms with Crippen LogP contribution in [0.5, 0.6) is 5.75 Å². The molecule has 0 aliphatic carbocycles. The summed E-state index contributed by atoms with van der Waals surface area (Å²) in [6, 6.07) is 23.0. The lowest BCUT2D eigenvalue weighted by Gasteiger charge is -2.18. The third-order valence-electron chi connectivity index (χ3n) is 4.39. The fourth-order valence-corrected chi connectivity index (χ4v) is 3.08. The summed E-state index contributed by atoms with van der Waals surface area (Å²) in [5.41, 5.74) is 8.62. The van der Waals surface area contributed by atoms with Crippen LogP contribution in [-0.4, -0.2) is 13.2 Å². The molecule has 3 aromatic carbocycles. The molecule has 23 heavy (non-hydrogen) atoms. The van der Waals surface area contributed by atoms with Crippen molar-refractivity contribution in [3.8, 4) is 5.75 Å². The zero-order valence-corrected chi connectivity index (χ0v) is 13.5. The Morgan fingerprint density at radius 2 is 1.65 bits per heavy atom. The van der Waals surface area contributed by atoms with Crippen molar-refractivity contribution < 1.29 is 4.74 Å². The lowest BCUT2D eigenvalue weighted by atomic mass is 9.92. The Hall–Kier alpha value is -2.32. The predicted octanol–water partition coefficient (Wildman–Crippen LogP) is 4.66. The van der Waals surface area contributed by atoms with Crippen LogP contribution in [0.1, 0.15) is 23.5 Å². The van der Waals surface area contributed by atoms with Gasteiger partial charge in [-0.15, -0.1) is 0 Å². The minimum Gasteiger partial charge on any atom is -0.493 e. The lowest BCUT2D eigenvalue weighted by Crippen LogP contribution is -2.16. The average Bonchev–Trinajstić information content (AvgIpc) is 2.60. The van der Waals surface area contributed by atoms with Gasteiger partial charge in [-0.3, -0.25) is 0 Å². The van der Waals surface area contributed by atoms with Gasteiger partial charge in [0.05, 0.1) is 6.61 Å². The first-order chi connectivity index (χ1) is 11.3. The van der Waals surface area contributed by atoms with E-state index >= 15 is 0 Å². The molecule has 0 aliphatic heterocycles. The van der Waals surface area contributed by atoms with Gasteiger partial charge in [-0.2, -0.15) is 0 Å². The molecular weight excluding hydrogens is 282 g/mol. The number of benzene rings is 3. The molecule has 3 rings (SSSR count). The van der Waals surface area contributed by atoms with Crippen LogP contribution >= 0.6 is 0 Å². The van der Waals surface area contributed by atoms with Gasteiger partial charge in [-0.1, -0.05) is 60.7 Å². The summed E-state index contributed by atoms with van der Waals surface area (Å²) in [4.78, 5) is 0. The highest BCUT2D eigenvalue weighted by Crippen LogP contribution is 2.27. The van der Waals surface area contributed by atoms with E-state index in [2.05, 4.69) is 55.5 Å². The highest BCUT2D eigenvalue weighted by atomic mass is 16.5. The van der Waals surface area contributed by atoms with Gasteiger partial charge in [0, 0.05) is 5.39 Å². The number of rotatable bonds is 6. The lowest BCUT2D eigenvalue weighted by molar-refractivity contribution is 0.301. The molecular formula is C21H23NO. The van der Waals surface area contributed by atoms with E-state index in [0.717, 1.165) is 17.6 Å². The molecule has 0 radical (unpaired) electrons. The molecule has 0 bridgehead atoms. The zero-order valence-electron chi connectivity index (χ0n) is 13.5. The fourth-order valence-electron chi connectivity index (χ4n) is 3.08. The molecule has 2 nitrogen and oxygen atoms in total. The van der Waals surface area contributed by atoms with Gasteiger partial charge >= 0.3 is 0 Å². The number of hydrogen-bond acceptors (Lipinski definition) is 2. The second-order valence-corrected chi connectivity index (χ2v) is 5.90. The molecule has 1 atom stereocenters. The van der Waals surface area contributed by atoms with Crippen molar-refractivity contribution in [2.45, 2.75) is 19.3 Å². The van der Waals surface area contributed by atoms with E-state index < -0.39 is 0 Å². The number of aryl methyl sites for hydroxylation is 1. The second kappa shape index (κ2) is 7.30. The number of fused-ring (bicyclic) bond motifs is 1. The largest absolute Gasteiger partial charge is 0.493 e. The van der Waals surface area contributed by atoms with Crippen LogP contribution in [0, 0.1) is 6.92 Å². The molecule has 118 valence electrons. The number of nitrogens with two attached hydrogens (primary N) is 1. The van der Waals surface area contributed by atoms with E-state index in [9.17, 15) is 0 Å². The zero-order chi connectivity index (χ0) is 16.1. The van der Waals surface area contributed by atoms with Crippen LogP contribution in [-0.2, 0) is 0 Å². The Balaban J connectivity index is 1.69. The van der Waals surface area contributed by atoms with Crippen molar-refractivity contribution >= 4 is 10.8 Å². The smallest absolute Gasteiger partial charge is 0.127 e. The summed E-state index contributed by atoms with van der Waals surface area (Å²) >= 11 is 0. The van der Waals surface area contributed by atoms with Crippen molar-refractivity contribution in [1.82, 2.24) is 0 Å². The minimum atomic E-state index is 0.339. The predicted molar refractivity (Wildman–Crippen MR) is 97.0 cm³/mol. The average molecular weight is 305 g/mol. The molecule has 0 spiro atoms. The number of ether oxygens (including phenoxy) is 1. The van der Waals surface area contributed by atoms with E-state index in [1.54, 1.807) is 0 Å². The maximum Gasteiger partial charge on any atom is 0.127 e. The van der Waals surface area contributed by atoms with E-state index in [4.69, 9.17) is 10.5 Å². The number of hydrogen-bond donors (Lipinski definition) is 1. The molecule has 3 aromatic rings. The maximum atomic E-state index is 6.06. The summed E-state index contributed by atoms with van der Waals surface area (Å²) in [6.07, 6.45) is 0.921. The SMILES string of the molecule is Cc1ccccc1C(CN)CCOc1cccc2ccccc12. The van der Waals surface area contributed by atoms with Crippen LogP contribution < -0.4 is 10.5 Å². The Morgan fingerprint density at radius 3 is 2.48 bits per heavy atom. The van der Waals surface area contributed by atoms with Crippen LogP contribution in [0.3, 0.4) is 0 Å². The summed E-state index contributed by atoms with van der Waals surface area (Å²) in [7, 11) is 0. The van der Waals surface area contributed by atoms with E-state index in [-0.39, 0.29) is 0 Å². The first-order valence-electron chi connectivity index (χ1n) is 8.15. The molecule has 0 heterocycles. The van der Waals surface area contributed by atoms with Gasteiger partial charge in [-0.25, -0.2) is 0 Å². The summed E-state index contributed by atoms with van der Waals surface area (Å²) in [5.74, 6) is 1.29. The molecule has 0 saturated heterocycles. The van der Waals surface area contributed by atoms with Crippen LogP contribution in [0.2, 0.25) is 0 Å². The summed E-state index contributed by atoms with van der Waals surface area (Å²) in [6.45, 7) is 3.46. The van der Waals surface area contributed by atoms with Crippen LogP contribution in [0.15, 0.2) is 66.7 Å². The summed E-state index contributed by atoms with van der Waals surface area (Å²) in [5, 5.41) is 2.37. The van der Waals surface area contributed by atoms with Crippen molar-refractivity contribution in [2.24, 2.45) is 5.73 Å². The summed E-state index contributed by atoms with van der Waals surface area (Å²) < 4.78 is 6.06. The van der Waals surface area contributed by atoms with Gasteiger partial charge in [0.2, 0.25) is 0 Å². The molecule has 0 aliphatic rings. The molecule has 0 fully saturated rings. The molecule has 1 unspecified atom stereocenters. The normalized spacial score (nSPS) is 12.3. The van der Waals surface area contributed by atoms with Crippen LogP contribution in [0.25, 0.3) is 10.8 Å². The van der Waals surface area contributed by atoms with E-state index in [1.807, 2.05) is 18.2 Å². The quantitative estimate of drug-likeness (QED) is 0.719. The topological polar surface area (TPSA) is 35.2 Å². The van der Waals surface area contributed by atoms with E-state index in [1.165, 1.54) is 16.5 Å². The third-order valence-corrected chi connectivity index (χ3v) is 4.39. The first kappa shape index (κ1) is 15.6. The van der Waals surface area contributed by atoms with Gasteiger partial charge < -0.3 is 10.5 Å². The van der Waals surface area contributed by atoms with Gasteiger partial charge in [0.25, 0.3) is 0 Å². The van der Waals surface area contributed by atoms with Gasteiger partial charge in [0.15, 0.2) is 0 Å². The minimum absolute atomic E-state index is 0.339. The molecule has 2 N–H and O–H groups in total. The Kier molecular flexibility index (Phi) is 4.94. The van der Waals surface area contributed by atoms with Gasteiger partial charge in [0.1, 0.15) is 5.75 Å². The van der Waals surface area contributed by atoms with Crippen molar-refractivity contribution in [1.29, 1.82) is 0 Å². The first-order valence-corrected chi connectivity index (χ1v) is 8.15. The Morgan fingerprint density at radius 1 is 0.913 bits per heavy atom. The van der Waals surface area contributed by atoms with Crippen molar-refractivity contribution in [2.75, 3.05) is 13.2 Å². The Bertz CT molecular complexity index is 776. The molecule has 2 heteroatoms.